The average molecular weight is 859 g/mol. The summed E-state index contributed by atoms with van der Waals surface area (Å²) >= 11 is 0. The number of anilines is 2. The lowest BCUT2D eigenvalue weighted by Gasteiger charge is -2.40. The predicted molar refractivity (Wildman–Crippen MR) is 246 cm³/mol. The molecule has 8 heterocycles. The summed E-state index contributed by atoms with van der Waals surface area (Å²) in [6.07, 6.45) is 8.83. The summed E-state index contributed by atoms with van der Waals surface area (Å²) in [6, 6.07) is 14.3. The molecule has 5 aromatic heterocycles. The van der Waals surface area contributed by atoms with Gasteiger partial charge < -0.3 is 37.8 Å². The number of carbonyl (C=O) groups is 1. The summed E-state index contributed by atoms with van der Waals surface area (Å²) < 4.78 is 15.8. The number of rotatable bonds is 6. The standard InChI is InChI=1S/C49H50N10O5/c1-29-23-57-27-42(52-46(57)32(4)50-29)40-19-35-10-12-38(21-44(35)63-48(40)61)55-16-15-54(30(2)24-55)14-8-7-9-37-26-58-28-43(53-47(58)33(5)51-37)41-20-36-11-13-39(22-45(36)64-49(41)62)56-17-18-59(34(6)60)31(3)25-56/h10-13,19-23,26-28,30-31,49,62H,9,14-18,24-25H2,1-6H3/t30-,31-,49?/m0/s1. The normalized spacial score (nSPS) is 19.1. The van der Waals surface area contributed by atoms with Gasteiger partial charge >= 0.3 is 5.63 Å². The number of aliphatic hydroxyl groups is 1. The number of aliphatic hydroxyl groups excluding tert-OH is 1. The first-order chi connectivity index (χ1) is 30.8. The lowest BCUT2D eigenvalue weighted by molar-refractivity contribution is -0.131. The van der Waals surface area contributed by atoms with Crippen molar-refractivity contribution in [1.82, 2.24) is 38.5 Å². The van der Waals surface area contributed by atoms with Crippen molar-refractivity contribution in [2.24, 2.45) is 0 Å². The van der Waals surface area contributed by atoms with E-state index in [0.717, 1.165) is 77.8 Å². The Balaban J connectivity index is 0.768. The monoisotopic (exact) mass is 858 g/mol. The maximum Gasteiger partial charge on any atom is 0.345 e. The molecule has 2 fully saturated rings. The largest absolute Gasteiger partial charge is 0.460 e. The lowest BCUT2D eigenvalue weighted by Crippen LogP contribution is -2.53. The molecule has 2 aromatic carbocycles. The zero-order valence-electron chi connectivity index (χ0n) is 36.9. The number of aryl methyl sites for hydroxylation is 3. The van der Waals surface area contributed by atoms with Gasteiger partial charge in [0.15, 0.2) is 11.3 Å². The molecule has 1 unspecified atom stereocenters. The second-order valence-electron chi connectivity index (χ2n) is 17.3. The minimum Gasteiger partial charge on any atom is -0.460 e. The lowest BCUT2D eigenvalue weighted by atomic mass is 10.0. The Morgan fingerprint density at radius 2 is 1.50 bits per heavy atom. The van der Waals surface area contributed by atoms with Gasteiger partial charge in [-0.05, 0) is 71.0 Å². The zero-order valence-corrected chi connectivity index (χ0v) is 36.9. The van der Waals surface area contributed by atoms with Crippen molar-refractivity contribution in [3.8, 4) is 28.8 Å². The van der Waals surface area contributed by atoms with Crippen molar-refractivity contribution < 1.29 is 19.1 Å². The van der Waals surface area contributed by atoms with E-state index in [-0.39, 0.29) is 18.0 Å². The molecule has 64 heavy (non-hydrogen) atoms. The van der Waals surface area contributed by atoms with Crippen molar-refractivity contribution in [2.75, 3.05) is 55.6 Å². The van der Waals surface area contributed by atoms with Crippen LogP contribution in [0.5, 0.6) is 5.75 Å². The molecule has 0 radical (unpaired) electrons. The van der Waals surface area contributed by atoms with Crippen LogP contribution in [0.15, 0.2) is 76.5 Å². The summed E-state index contributed by atoms with van der Waals surface area (Å²) in [4.78, 5) is 52.9. The highest BCUT2D eigenvalue weighted by Crippen LogP contribution is 2.37. The molecule has 1 N–H and O–H groups in total. The fourth-order valence-electron chi connectivity index (χ4n) is 9.35. The van der Waals surface area contributed by atoms with E-state index in [2.05, 4.69) is 62.5 Å². The van der Waals surface area contributed by atoms with Crippen LogP contribution in [0.3, 0.4) is 0 Å². The third kappa shape index (κ3) is 7.73. The van der Waals surface area contributed by atoms with E-state index in [4.69, 9.17) is 19.1 Å². The highest BCUT2D eigenvalue weighted by molar-refractivity contribution is 5.87. The van der Waals surface area contributed by atoms with Gasteiger partial charge in [-0.2, -0.15) is 0 Å². The molecule has 326 valence electrons. The van der Waals surface area contributed by atoms with E-state index < -0.39 is 11.9 Å². The summed E-state index contributed by atoms with van der Waals surface area (Å²) in [5.74, 6) is 7.42. The third-order valence-electron chi connectivity index (χ3n) is 12.7. The molecule has 1 amide bonds. The number of carbonyl (C=O) groups excluding carboxylic acids is 1. The van der Waals surface area contributed by atoms with Crippen molar-refractivity contribution in [3.05, 3.63) is 112 Å². The zero-order chi connectivity index (χ0) is 44.4. The third-order valence-corrected chi connectivity index (χ3v) is 12.7. The molecule has 3 atom stereocenters. The molecule has 3 aliphatic heterocycles. The van der Waals surface area contributed by atoms with E-state index >= 15 is 0 Å². The van der Waals surface area contributed by atoms with Gasteiger partial charge in [-0.1, -0.05) is 11.8 Å². The minimum absolute atomic E-state index is 0.0939. The van der Waals surface area contributed by atoms with Crippen LogP contribution < -0.4 is 20.2 Å². The summed E-state index contributed by atoms with van der Waals surface area (Å²) in [5.41, 5.74) is 9.87. The van der Waals surface area contributed by atoms with Crippen LogP contribution in [-0.2, 0) is 11.2 Å². The number of ether oxygens (including phenoxy) is 1. The molecule has 0 aliphatic carbocycles. The van der Waals surface area contributed by atoms with Gasteiger partial charge in [-0.25, -0.2) is 14.8 Å². The fraction of sp³-hybridized carbons (Fsp3) is 0.347. The van der Waals surface area contributed by atoms with Crippen LogP contribution in [-0.4, -0.2) is 114 Å². The second-order valence-corrected chi connectivity index (χ2v) is 17.3. The first kappa shape index (κ1) is 41.0. The number of benzene rings is 2. The van der Waals surface area contributed by atoms with Crippen molar-refractivity contribution in [3.63, 3.8) is 0 Å². The number of aromatic nitrogens is 6. The van der Waals surface area contributed by atoms with Crippen LogP contribution in [0, 0.1) is 32.6 Å². The Morgan fingerprint density at radius 3 is 2.28 bits per heavy atom. The van der Waals surface area contributed by atoms with E-state index in [0.29, 0.717) is 64.7 Å². The van der Waals surface area contributed by atoms with Crippen LogP contribution in [0.1, 0.15) is 54.8 Å². The maximum absolute atomic E-state index is 13.2. The number of nitrogens with zero attached hydrogens (tertiary/aromatic N) is 10. The van der Waals surface area contributed by atoms with E-state index in [1.807, 2.05) is 95.7 Å². The quantitative estimate of drug-likeness (QED) is 0.165. The van der Waals surface area contributed by atoms with Crippen LogP contribution >= 0.6 is 0 Å². The van der Waals surface area contributed by atoms with Gasteiger partial charge in [-0.3, -0.25) is 19.7 Å². The van der Waals surface area contributed by atoms with Gasteiger partial charge in [0.05, 0.1) is 52.7 Å². The minimum atomic E-state index is -1.18. The molecular weight excluding hydrogens is 809 g/mol. The number of imidazole rings is 2. The van der Waals surface area contributed by atoms with Crippen LogP contribution in [0.25, 0.3) is 45.2 Å². The molecule has 7 aromatic rings. The molecule has 0 bridgehead atoms. The van der Waals surface area contributed by atoms with Gasteiger partial charge in [0.2, 0.25) is 12.2 Å². The SMILES string of the molecule is CC(=O)N1CCN(c2ccc3c(c2)OC(O)C(c2cn4cc(CC#CCN5CCN(c6ccc7cc(-c8cn9cc(C)nc(C)c9n8)c(=O)oc7c6)C[C@@H]5C)nc(C)c4n2)=C3)C[C@@H]1C. The van der Waals surface area contributed by atoms with E-state index in [9.17, 15) is 14.7 Å². The summed E-state index contributed by atoms with van der Waals surface area (Å²) in [5, 5.41) is 12.0. The van der Waals surface area contributed by atoms with Crippen molar-refractivity contribution in [1.29, 1.82) is 0 Å². The highest BCUT2D eigenvalue weighted by atomic mass is 16.6. The number of fused-ring (bicyclic) bond motifs is 4. The molecule has 0 spiro atoms. The average Bonchev–Trinajstić information content (AvgIpc) is 3.90. The molecule has 15 nitrogen and oxygen atoms in total. The van der Waals surface area contributed by atoms with Crippen molar-refractivity contribution >= 4 is 51.2 Å². The smallest absolute Gasteiger partial charge is 0.345 e. The molecule has 15 heteroatoms. The first-order valence-corrected chi connectivity index (χ1v) is 21.8. The topological polar surface area (TPSA) is 150 Å². The number of amides is 1. The Bertz CT molecular complexity index is 3160. The van der Waals surface area contributed by atoms with Gasteiger partial charge in [-0.15, -0.1) is 0 Å². The van der Waals surface area contributed by atoms with Crippen LogP contribution in [0.2, 0.25) is 0 Å². The molecule has 2 saturated heterocycles. The van der Waals surface area contributed by atoms with E-state index in [1.54, 1.807) is 6.92 Å². The van der Waals surface area contributed by atoms with Gasteiger partial charge in [0, 0.05) is 123 Å². The number of hydrogen-bond acceptors (Lipinski definition) is 12. The number of piperazine rings is 2. The first-order valence-electron chi connectivity index (χ1n) is 21.8. The van der Waals surface area contributed by atoms with Crippen molar-refractivity contribution in [2.45, 2.75) is 66.3 Å². The highest BCUT2D eigenvalue weighted by Gasteiger charge is 2.29. The van der Waals surface area contributed by atoms with Gasteiger partial charge in [0.1, 0.15) is 11.3 Å². The van der Waals surface area contributed by atoms with Gasteiger partial charge in [0.25, 0.3) is 0 Å². The van der Waals surface area contributed by atoms with E-state index in [1.165, 1.54) is 0 Å². The Morgan fingerprint density at radius 1 is 0.797 bits per heavy atom. The Labute approximate surface area is 370 Å². The maximum atomic E-state index is 13.2. The summed E-state index contributed by atoms with van der Waals surface area (Å²) in [6.45, 7) is 16.9. The molecule has 0 saturated carbocycles. The number of hydrogen-bond donors (Lipinski definition) is 1. The molecule has 10 rings (SSSR count). The van der Waals surface area contributed by atoms with Crippen LogP contribution in [0.4, 0.5) is 11.4 Å². The Hall–Kier alpha value is -7.02. The Kier molecular flexibility index (Phi) is 10.4. The molecular formula is C49H50N10O5. The fourth-order valence-corrected chi connectivity index (χ4v) is 9.35. The second kappa shape index (κ2) is 16.3. The summed E-state index contributed by atoms with van der Waals surface area (Å²) in [7, 11) is 0. The predicted octanol–water partition coefficient (Wildman–Crippen LogP) is 5.54. The molecule has 3 aliphatic rings.